The molecule has 2 N–H and O–H groups in total. The van der Waals surface area contributed by atoms with Crippen molar-refractivity contribution in [1.82, 2.24) is 0 Å². The van der Waals surface area contributed by atoms with Crippen molar-refractivity contribution in [3.05, 3.63) is 70.8 Å². The molecule has 0 aromatic heterocycles. The van der Waals surface area contributed by atoms with E-state index in [1.807, 2.05) is 0 Å². The quantitative estimate of drug-likeness (QED) is 0.628. The van der Waals surface area contributed by atoms with Gasteiger partial charge in [-0.15, -0.1) is 0 Å². The lowest BCUT2D eigenvalue weighted by atomic mass is 10.1. The zero-order valence-electron chi connectivity index (χ0n) is 14.5. The molecule has 0 heterocycles. The van der Waals surface area contributed by atoms with Gasteiger partial charge in [0.15, 0.2) is 0 Å². The summed E-state index contributed by atoms with van der Waals surface area (Å²) in [6.07, 6.45) is 0. The third-order valence-corrected chi connectivity index (χ3v) is 5.65. The monoisotopic (exact) mass is 393 g/mol. The molecule has 7 nitrogen and oxygen atoms in total. The maximum atomic E-state index is 10.9. The molecule has 8 heteroatoms. The molecule has 2 rings (SSSR count). The average molecular weight is 393 g/mol. The Labute approximate surface area is 158 Å². The van der Waals surface area contributed by atoms with Crippen LogP contribution in [0, 0.1) is 0 Å². The molecule has 0 bridgehead atoms. The number of carbonyl (C=O) groups is 2. The molecule has 0 radical (unpaired) electrons. The Hall–Kier alpha value is -2.47. The van der Waals surface area contributed by atoms with Crippen molar-refractivity contribution in [2.24, 2.45) is 4.74 Å². The minimum absolute atomic E-state index is 0. The van der Waals surface area contributed by atoms with Crippen LogP contribution in [0.3, 0.4) is 0 Å². The Kier molecular flexibility index (Phi) is 8.37. The zero-order chi connectivity index (χ0) is 19.2. The van der Waals surface area contributed by atoms with Gasteiger partial charge in [-0.05, 0) is 35.4 Å². The van der Waals surface area contributed by atoms with Gasteiger partial charge in [0.2, 0.25) is 7.51 Å². The Bertz CT molecular complexity index is 765. The molecule has 0 aliphatic carbocycles. The van der Waals surface area contributed by atoms with Gasteiger partial charge >= 0.3 is 11.9 Å². The molecular weight excluding hydrogens is 369 g/mol. The van der Waals surface area contributed by atoms with E-state index in [1.165, 1.54) is 24.3 Å². The fourth-order valence-corrected chi connectivity index (χ4v) is 3.11. The van der Waals surface area contributed by atoms with Crippen LogP contribution in [0.25, 0.3) is 0 Å². The average Bonchev–Trinajstić information content (AvgIpc) is 2.65. The largest absolute Gasteiger partial charge is 0.478 e. The maximum absolute atomic E-state index is 10.9. The molecule has 2 aromatic rings. The molecule has 0 aliphatic rings. The summed E-state index contributed by atoms with van der Waals surface area (Å²) >= 11 is 0. The van der Waals surface area contributed by atoms with Gasteiger partial charge < -0.3 is 19.3 Å². The summed E-state index contributed by atoms with van der Waals surface area (Å²) in [5.74, 6) is -1.95. The summed E-state index contributed by atoms with van der Waals surface area (Å²) in [6.45, 7) is 2.28. The number of benzene rings is 2. The fraction of sp³-hybridized carbons (Fsp3) is 0.263. The lowest BCUT2D eigenvalue weighted by Gasteiger charge is -2.20. The molecule has 0 aliphatic heterocycles. The smallest absolute Gasteiger partial charge is 0.335 e. The molecular formula is C19H24NO6P. The van der Waals surface area contributed by atoms with E-state index < -0.39 is 19.4 Å². The van der Waals surface area contributed by atoms with E-state index in [4.69, 9.17) is 19.3 Å². The lowest BCUT2D eigenvalue weighted by Crippen LogP contribution is -2.00. The van der Waals surface area contributed by atoms with Crippen molar-refractivity contribution in [2.75, 3.05) is 13.7 Å². The molecule has 146 valence electrons. The number of carboxylic acids is 2. The van der Waals surface area contributed by atoms with Crippen molar-refractivity contribution < 1.29 is 28.8 Å². The second-order valence-corrected chi connectivity index (χ2v) is 8.08. The van der Waals surface area contributed by atoms with E-state index in [-0.39, 0.29) is 31.8 Å². The highest BCUT2D eigenvalue weighted by molar-refractivity contribution is 7.55. The van der Waals surface area contributed by atoms with E-state index >= 15 is 0 Å². The minimum atomic E-state index is -2.45. The maximum Gasteiger partial charge on any atom is 0.335 e. The highest BCUT2D eigenvalue weighted by atomic mass is 31.2. The van der Waals surface area contributed by atoms with E-state index in [0.29, 0.717) is 0 Å². The third kappa shape index (κ3) is 6.64. The fourth-order valence-electron chi connectivity index (χ4n) is 2.03. The van der Waals surface area contributed by atoms with Crippen LogP contribution >= 0.6 is 7.51 Å². The van der Waals surface area contributed by atoms with Crippen LogP contribution < -0.4 is 0 Å². The molecule has 0 spiro atoms. The first-order chi connectivity index (χ1) is 12.3. The predicted octanol–water partition coefficient (Wildman–Crippen LogP) is 4.74. The standard InChI is InChI=1S/C18H20NO6P.CH4/c1-19-26(2,24-11-13-3-7-15(8-4-13)17(20)21)25-12-14-5-9-16(10-6-14)18(22)23;/h3-10H,11-12H2,1-2H3,(H,20,21)(H,22,23);1H4. The van der Waals surface area contributed by atoms with Crippen molar-refractivity contribution in [3.63, 3.8) is 0 Å². The van der Waals surface area contributed by atoms with Crippen molar-refractivity contribution in [1.29, 1.82) is 0 Å². The molecule has 0 unspecified atom stereocenters. The van der Waals surface area contributed by atoms with Crippen LogP contribution in [0.4, 0.5) is 0 Å². The van der Waals surface area contributed by atoms with Crippen molar-refractivity contribution in [3.8, 4) is 0 Å². The lowest BCUT2D eigenvalue weighted by molar-refractivity contribution is 0.0686. The normalized spacial score (nSPS) is 10.7. The summed E-state index contributed by atoms with van der Waals surface area (Å²) in [7, 11) is -0.831. The zero-order valence-corrected chi connectivity index (χ0v) is 15.3. The molecule has 0 amide bonds. The first-order valence-electron chi connectivity index (χ1n) is 7.74. The Balaban J connectivity index is 0.00000364. The van der Waals surface area contributed by atoms with E-state index in [2.05, 4.69) is 4.74 Å². The van der Waals surface area contributed by atoms with Gasteiger partial charge in [-0.3, -0.25) is 4.74 Å². The first kappa shape index (κ1) is 22.6. The second-order valence-electron chi connectivity index (χ2n) is 5.55. The highest BCUT2D eigenvalue weighted by Gasteiger charge is 2.15. The van der Waals surface area contributed by atoms with Gasteiger partial charge in [-0.2, -0.15) is 0 Å². The van der Waals surface area contributed by atoms with E-state index in [1.54, 1.807) is 38.0 Å². The van der Waals surface area contributed by atoms with Gasteiger partial charge in [0.25, 0.3) is 0 Å². The van der Waals surface area contributed by atoms with Gasteiger partial charge in [-0.1, -0.05) is 31.7 Å². The van der Waals surface area contributed by atoms with E-state index in [9.17, 15) is 9.59 Å². The molecule has 0 atom stereocenters. The summed E-state index contributed by atoms with van der Waals surface area (Å²) in [6, 6.07) is 12.8. The van der Waals surface area contributed by atoms with Crippen LogP contribution in [0.1, 0.15) is 39.3 Å². The predicted molar refractivity (Wildman–Crippen MR) is 104 cm³/mol. The second kappa shape index (κ2) is 10.0. The molecule has 2 aromatic carbocycles. The van der Waals surface area contributed by atoms with Gasteiger partial charge in [0.1, 0.15) is 0 Å². The van der Waals surface area contributed by atoms with Crippen LogP contribution in [-0.4, -0.2) is 35.9 Å². The van der Waals surface area contributed by atoms with E-state index in [0.717, 1.165) is 11.1 Å². The SMILES string of the molecule is C.CN=P(C)(OCc1ccc(C(=O)O)cc1)OCc1ccc(C(=O)O)cc1. The molecule has 0 saturated heterocycles. The number of aromatic carboxylic acids is 2. The Morgan fingerprint density at radius 3 is 1.44 bits per heavy atom. The summed E-state index contributed by atoms with van der Waals surface area (Å²) in [5, 5.41) is 17.8. The van der Waals surface area contributed by atoms with Crippen molar-refractivity contribution in [2.45, 2.75) is 20.6 Å². The van der Waals surface area contributed by atoms with Crippen molar-refractivity contribution >= 4 is 19.4 Å². The Morgan fingerprint density at radius 2 is 1.19 bits per heavy atom. The third-order valence-electron chi connectivity index (χ3n) is 3.71. The van der Waals surface area contributed by atoms with Crippen LogP contribution in [0.5, 0.6) is 0 Å². The number of hydrogen-bond donors (Lipinski definition) is 2. The summed E-state index contributed by atoms with van der Waals surface area (Å²) in [5.41, 5.74) is 2.07. The summed E-state index contributed by atoms with van der Waals surface area (Å²) in [4.78, 5) is 21.7. The topological polar surface area (TPSA) is 105 Å². The minimum Gasteiger partial charge on any atom is -0.478 e. The van der Waals surface area contributed by atoms with Gasteiger partial charge in [0.05, 0.1) is 24.3 Å². The molecule has 27 heavy (non-hydrogen) atoms. The highest BCUT2D eigenvalue weighted by Crippen LogP contribution is 2.49. The first-order valence-corrected chi connectivity index (χ1v) is 9.77. The van der Waals surface area contributed by atoms with Crippen LogP contribution in [-0.2, 0) is 22.3 Å². The molecule has 0 saturated carbocycles. The van der Waals surface area contributed by atoms with Gasteiger partial charge in [0, 0.05) is 13.7 Å². The number of carboxylic acid groups (broad SMARTS) is 2. The number of rotatable bonds is 8. The number of nitrogens with zero attached hydrogens (tertiary/aromatic N) is 1. The van der Waals surface area contributed by atoms with Crippen LogP contribution in [0.15, 0.2) is 53.3 Å². The Morgan fingerprint density at radius 1 is 0.852 bits per heavy atom. The van der Waals surface area contributed by atoms with Crippen LogP contribution in [0.2, 0.25) is 0 Å². The molecule has 0 fully saturated rings. The number of hydrogen-bond acceptors (Lipinski definition) is 5. The van der Waals surface area contributed by atoms with Gasteiger partial charge in [-0.25, -0.2) is 9.59 Å². The summed E-state index contributed by atoms with van der Waals surface area (Å²) < 4.78 is 15.9.